The molecule has 0 spiro atoms. The summed E-state index contributed by atoms with van der Waals surface area (Å²) >= 11 is 0. The number of hydrogen-bond donors (Lipinski definition) is 2. The van der Waals surface area contributed by atoms with Crippen molar-refractivity contribution in [1.29, 1.82) is 0 Å². The SMILES string of the molecule is CC1NC2=CC=CC3=CC=CC(N1)C32. The minimum absolute atomic E-state index is 0.359. The van der Waals surface area contributed by atoms with E-state index in [1.54, 1.807) is 0 Å². The summed E-state index contributed by atoms with van der Waals surface area (Å²) in [6.07, 6.45) is 13.5. The average Bonchev–Trinajstić information content (AvgIpc) is 2.18. The lowest BCUT2D eigenvalue weighted by Gasteiger charge is -2.41. The molecule has 1 saturated heterocycles. The van der Waals surface area contributed by atoms with E-state index < -0.39 is 0 Å². The average molecular weight is 186 g/mol. The molecule has 2 heteroatoms. The van der Waals surface area contributed by atoms with Crippen LogP contribution in [0, 0.1) is 5.92 Å². The van der Waals surface area contributed by atoms with Gasteiger partial charge < -0.3 is 5.32 Å². The van der Waals surface area contributed by atoms with Crippen LogP contribution in [0.25, 0.3) is 0 Å². The van der Waals surface area contributed by atoms with E-state index in [1.807, 2.05) is 0 Å². The van der Waals surface area contributed by atoms with Gasteiger partial charge in [0.15, 0.2) is 0 Å². The standard InChI is InChI=1S/C12H14N2/c1-8-13-10-6-2-4-9-5-3-7-11(14-8)12(9)10/h2-8,10,12-14H,1H3. The van der Waals surface area contributed by atoms with Gasteiger partial charge in [-0.1, -0.05) is 30.4 Å². The zero-order valence-corrected chi connectivity index (χ0v) is 8.20. The van der Waals surface area contributed by atoms with E-state index in [9.17, 15) is 0 Å². The van der Waals surface area contributed by atoms with Gasteiger partial charge in [-0.05, 0) is 18.6 Å². The molecule has 1 fully saturated rings. The van der Waals surface area contributed by atoms with Crippen molar-refractivity contribution in [2.45, 2.75) is 19.1 Å². The maximum absolute atomic E-state index is 3.53. The van der Waals surface area contributed by atoms with Crippen molar-refractivity contribution in [3.8, 4) is 0 Å². The van der Waals surface area contributed by atoms with Gasteiger partial charge in [0.1, 0.15) is 0 Å². The molecule has 3 atom stereocenters. The Balaban J connectivity index is 2.05. The van der Waals surface area contributed by atoms with E-state index in [4.69, 9.17) is 0 Å². The van der Waals surface area contributed by atoms with E-state index in [-0.39, 0.29) is 0 Å². The van der Waals surface area contributed by atoms with E-state index >= 15 is 0 Å². The van der Waals surface area contributed by atoms with Crippen molar-refractivity contribution in [3.63, 3.8) is 0 Å². The van der Waals surface area contributed by atoms with E-state index in [0.29, 0.717) is 18.1 Å². The van der Waals surface area contributed by atoms with E-state index in [0.717, 1.165) is 0 Å². The Kier molecular flexibility index (Phi) is 1.64. The fraction of sp³-hybridized carbons (Fsp3) is 0.333. The fourth-order valence-electron chi connectivity index (χ4n) is 2.48. The van der Waals surface area contributed by atoms with Gasteiger partial charge in [-0.15, -0.1) is 0 Å². The molecule has 72 valence electrons. The number of rotatable bonds is 0. The highest BCUT2D eigenvalue weighted by Crippen LogP contribution is 2.33. The third-order valence-corrected chi connectivity index (χ3v) is 3.05. The summed E-state index contributed by atoms with van der Waals surface area (Å²) < 4.78 is 0. The second-order valence-electron chi connectivity index (χ2n) is 4.07. The highest BCUT2D eigenvalue weighted by Gasteiger charge is 2.33. The van der Waals surface area contributed by atoms with Gasteiger partial charge in [-0.2, -0.15) is 0 Å². The van der Waals surface area contributed by atoms with Crippen LogP contribution in [0.3, 0.4) is 0 Å². The summed E-state index contributed by atoms with van der Waals surface area (Å²) in [6.45, 7) is 2.15. The van der Waals surface area contributed by atoms with Crippen molar-refractivity contribution in [2.24, 2.45) is 5.92 Å². The van der Waals surface area contributed by atoms with Crippen LogP contribution in [0.1, 0.15) is 6.92 Å². The molecule has 0 aromatic carbocycles. The summed E-state index contributed by atoms with van der Waals surface area (Å²) in [7, 11) is 0. The predicted octanol–water partition coefficient (Wildman–Crippen LogP) is 1.46. The zero-order valence-electron chi connectivity index (χ0n) is 8.20. The molecule has 14 heavy (non-hydrogen) atoms. The molecule has 2 aliphatic carbocycles. The molecule has 3 aliphatic rings. The van der Waals surface area contributed by atoms with Gasteiger partial charge in [0.2, 0.25) is 0 Å². The normalized spacial score (nSPS) is 38.2. The van der Waals surface area contributed by atoms with Gasteiger partial charge in [0, 0.05) is 17.7 Å². The summed E-state index contributed by atoms with van der Waals surface area (Å²) in [5.41, 5.74) is 2.75. The van der Waals surface area contributed by atoms with Gasteiger partial charge >= 0.3 is 0 Å². The second-order valence-corrected chi connectivity index (χ2v) is 4.07. The maximum atomic E-state index is 3.53. The zero-order chi connectivity index (χ0) is 9.54. The van der Waals surface area contributed by atoms with Crippen molar-refractivity contribution < 1.29 is 0 Å². The molecule has 0 aromatic heterocycles. The number of allylic oxidation sites excluding steroid dienone is 5. The first-order valence-corrected chi connectivity index (χ1v) is 5.14. The molecule has 1 aliphatic heterocycles. The van der Waals surface area contributed by atoms with Crippen LogP contribution in [-0.2, 0) is 0 Å². The van der Waals surface area contributed by atoms with Gasteiger partial charge in [-0.25, -0.2) is 0 Å². The van der Waals surface area contributed by atoms with Crippen LogP contribution in [0.2, 0.25) is 0 Å². The molecule has 2 N–H and O–H groups in total. The quantitative estimate of drug-likeness (QED) is 0.598. The molecule has 0 saturated carbocycles. The van der Waals surface area contributed by atoms with Crippen LogP contribution >= 0.6 is 0 Å². The largest absolute Gasteiger partial charge is 0.373 e. The third-order valence-electron chi connectivity index (χ3n) is 3.05. The highest BCUT2D eigenvalue weighted by atomic mass is 15.2. The molecule has 2 nitrogen and oxygen atoms in total. The molecule has 3 rings (SSSR count). The second kappa shape index (κ2) is 2.85. The predicted molar refractivity (Wildman–Crippen MR) is 57.5 cm³/mol. The van der Waals surface area contributed by atoms with Crippen molar-refractivity contribution in [1.82, 2.24) is 10.6 Å². The van der Waals surface area contributed by atoms with Crippen molar-refractivity contribution in [2.75, 3.05) is 0 Å². The number of hydrogen-bond acceptors (Lipinski definition) is 2. The first kappa shape index (κ1) is 8.06. The molecular weight excluding hydrogens is 172 g/mol. The van der Waals surface area contributed by atoms with Crippen LogP contribution in [0.5, 0.6) is 0 Å². The van der Waals surface area contributed by atoms with Crippen molar-refractivity contribution in [3.05, 3.63) is 47.7 Å². The molecular formula is C12H14N2. The Labute approximate surface area is 84.1 Å². The first-order valence-electron chi connectivity index (χ1n) is 5.14. The van der Waals surface area contributed by atoms with Gasteiger partial charge in [-0.3, -0.25) is 5.32 Å². The van der Waals surface area contributed by atoms with Crippen LogP contribution < -0.4 is 10.6 Å². The van der Waals surface area contributed by atoms with Crippen LogP contribution in [-0.4, -0.2) is 12.2 Å². The molecule has 0 bridgehead atoms. The monoisotopic (exact) mass is 186 g/mol. The highest BCUT2D eigenvalue weighted by molar-refractivity contribution is 5.45. The topological polar surface area (TPSA) is 24.1 Å². The lowest BCUT2D eigenvalue weighted by molar-refractivity contribution is 0.337. The van der Waals surface area contributed by atoms with Crippen LogP contribution in [0.15, 0.2) is 47.7 Å². The molecule has 3 unspecified atom stereocenters. The number of nitrogens with one attached hydrogen (secondary N) is 2. The van der Waals surface area contributed by atoms with Gasteiger partial charge in [0.25, 0.3) is 0 Å². The lowest BCUT2D eigenvalue weighted by Crippen LogP contribution is -2.56. The third kappa shape index (κ3) is 1.07. The fourth-order valence-corrected chi connectivity index (χ4v) is 2.48. The molecule has 0 amide bonds. The Hall–Kier alpha value is -1.28. The minimum atomic E-state index is 0.359. The lowest BCUT2D eigenvalue weighted by atomic mass is 9.80. The van der Waals surface area contributed by atoms with Crippen LogP contribution in [0.4, 0.5) is 0 Å². The first-order chi connectivity index (χ1) is 6.84. The van der Waals surface area contributed by atoms with Crippen molar-refractivity contribution >= 4 is 0 Å². The Morgan fingerprint density at radius 1 is 1.21 bits per heavy atom. The van der Waals surface area contributed by atoms with E-state index in [2.05, 4.69) is 54.0 Å². The molecule has 0 radical (unpaired) electrons. The minimum Gasteiger partial charge on any atom is -0.373 e. The van der Waals surface area contributed by atoms with E-state index in [1.165, 1.54) is 11.3 Å². The molecule has 0 aromatic rings. The Morgan fingerprint density at radius 2 is 2.14 bits per heavy atom. The maximum Gasteiger partial charge on any atom is 0.0741 e. The Morgan fingerprint density at radius 3 is 3.07 bits per heavy atom. The van der Waals surface area contributed by atoms with Gasteiger partial charge in [0.05, 0.1) is 6.17 Å². The smallest absolute Gasteiger partial charge is 0.0741 e. The Bertz CT molecular complexity index is 374. The summed E-state index contributed by atoms with van der Waals surface area (Å²) in [5.74, 6) is 0.501. The summed E-state index contributed by atoms with van der Waals surface area (Å²) in [5, 5.41) is 7.00. The summed E-state index contributed by atoms with van der Waals surface area (Å²) in [4.78, 5) is 0. The summed E-state index contributed by atoms with van der Waals surface area (Å²) in [6, 6.07) is 0.461. The molecule has 1 heterocycles.